The van der Waals surface area contributed by atoms with Crippen LogP contribution in [-0.4, -0.2) is 21.6 Å². The average Bonchev–Trinajstić information content (AvgIpc) is 2.85. The first-order valence-corrected chi connectivity index (χ1v) is 9.56. The average molecular weight is 396 g/mol. The lowest BCUT2D eigenvalue weighted by Gasteiger charge is -2.25. The minimum atomic E-state index is -3.70. The van der Waals surface area contributed by atoms with Crippen molar-refractivity contribution < 1.29 is 13.2 Å². The van der Waals surface area contributed by atoms with E-state index in [1.54, 1.807) is 12.1 Å². The van der Waals surface area contributed by atoms with E-state index in [-0.39, 0.29) is 10.9 Å². The second-order valence-corrected chi connectivity index (χ2v) is 8.37. The van der Waals surface area contributed by atoms with Gasteiger partial charge in [-0.05, 0) is 49.6 Å². The second kappa shape index (κ2) is 5.83. The molecule has 23 heavy (non-hydrogen) atoms. The van der Waals surface area contributed by atoms with Gasteiger partial charge in [-0.2, -0.15) is 0 Å². The summed E-state index contributed by atoms with van der Waals surface area (Å²) in [4.78, 5) is 0.182. The van der Waals surface area contributed by atoms with E-state index < -0.39 is 10.0 Å². The van der Waals surface area contributed by atoms with Gasteiger partial charge in [-0.25, -0.2) is 8.42 Å². The molecule has 0 bridgehead atoms. The molecule has 1 aliphatic heterocycles. The summed E-state index contributed by atoms with van der Waals surface area (Å²) in [6.45, 7) is 3.82. The fraction of sp³-hybridized carbons (Fsp3) is 0.294. The minimum Gasteiger partial charge on any atom is -0.495 e. The maximum Gasteiger partial charge on any atom is 0.268 e. The number of methoxy groups -OCH3 is 1. The maximum atomic E-state index is 13.3. The Morgan fingerprint density at radius 3 is 2.65 bits per heavy atom. The van der Waals surface area contributed by atoms with E-state index in [1.165, 1.54) is 11.4 Å². The fourth-order valence-electron chi connectivity index (χ4n) is 3.01. The highest BCUT2D eigenvalue weighted by Gasteiger charge is 2.37. The van der Waals surface area contributed by atoms with Crippen LogP contribution in [0, 0.1) is 6.92 Å². The van der Waals surface area contributed by atoms with Crippen LogP contribution in [0.3, 0.4) is 0 Å². The van der Waals surface area contributed by atoms with E-state index in [0.717, 1.165) is 21.3 Å². The quantitative estimate of drug-likeness (QED) is 0.791. The lowest BCUT2D eigenvalue weighted by molar-refractivity contribution is 0.402. The molecule has 0 N–H and O–H groups in total. The van der Waals surface area contributed by atoms with Gasteiger partial charge < -0.3 is 4.74 Å². The summed E-state index contributed by atoms with van der Waals surface area (Å²) in [7, 11) is -2.22. The Bertz CT molecular complexity index is 864. The molecule has 1 heterocycles. The molecule has 4 nitrogen and oxygen atoms in total. The van der Waals surface area contributed by atoms with Gasteiger partial charge in [-0.3, -0.25) is 4.31 Å². The van der Waals surface area contributed by atoms with Crippen molar-refractivity contribution in [3.8, 4) is 5.75 Å². The summed E-state index contributed by atoms with van der Waals surface area (Å²) in [6.07, 6.45) is 0.713. The van der Waals surface area contributed by atoms with Crippen LogP contribution in [0.5, 0.6) is 5.75 Å². The van der Waals surface area contributed by atoms with E-state index in [0.29, 0.717) is 12.2 Å². The molecular weight excluding hydrogens is 378 g/mol. The Labute approximate surface area is 145 Å². The summed E-state index contributed by atoms with van der Waals surface area (Å²) in [5.41, 5.74) is 2.73. The van der Waals surface area contributed by atoms with Gasteiger partial charge in [-0.15, -0.1) is 0 Å². The van der Waals surface area contributed by atoms with Gasteiger partial charge in [0.15, 0.2) is 0 Å². The number of anilines is 1. The second-order valence-electron chi connectivity index (χ2n) is 5.73. The van der Waals surface area contributed by atoms with Gasteiger partial charge in [0, 0.05) is 10.5 Å². The third kappa shape index (κ3) is 2.64. The predicted molar refractivity (Wildman–Crippen MR) is 94.7 cm³/mol. The van der Waals surface area contributed by atoms with Crippen molar-refractivity contribution in [2.45, 2.75) is 31.2 Å². The number of fused-ring (bicyclic) bond motifs is 1. The summed E-state index contributed by atoms with van der Waals surface area (Å²) in [5, 5.41) is 0. The van der Waals surface area contributed by atoms with Crippen LogP contribution < -0.4 is 9.04 Å². The molecule has 0 spiro atoms. The summed E-state index contributed by atoms with van der Waals surface area (Å²) >= 11 is 3.42. The first-order chi connectivity index (χ1) is 10.9. The standard InChI is InChI=1S/C17H18BrNO3S/c1-11-8-16(22-3)17(10-14(11)18)23(20,21)19-12(2)9-13-6-4-5-7-15(13)19/h4-8,10,12H,9H2,1-3H3/t12-/m1/s1. The third-order valence-electron chi connectivity index (χ3n) is 4.13. The van der Waals surface area contributed by atoms with Crippen LogP contribution >= 0.6 is 15.9 Å². The smallest absolute Gasteiger partial charge is 0.268 e. The Balaban J connectivity index is 2.19. The highest BCUT2D eigenvalue weighted by Crippen LogP contribution is 2.40. The number of sulfonamides is 1. The van der Waals surface area contributed by atoms with Gasteiger partial charge in [0.05, 0.1) is 12.8 Å². The largest absolute Gasteiger partial charge is 0.495 e. The zero-order chi connectivity index (χ0) is 16.8. The summed E-state index contributed by atoms with van der Waals surface area (Å²) in [5.74, 6) is 0.363. The normalized spacial score (nSPS) is 17.2. The SMILES string of the molecule is COc1cc(C)c(Br)cc1S(=O)(=O)N1c2ccccc2C[C@H]1C. The van der Waals surface area contributed by atoms with Gasteiger partial charge in [0.2, 0.25) is 0 Å². The van der Waals surface area contributed by atoms with E-state index in [9.17, 15) is 8.42 Å². The fourth-order valence-corrected chi connectivity index (χ4v) is 5.36. The van der Waals surface area contributed by atoms with Crippen molar-refractivity contribution in [2.75, 3.05) is 11.4 Å². The molecule has 0 saturated heterocycles. The molecule has 0 amide bonds. The number of ether oxygens (including phenoxy) is 1. The molecule has 0 fully saturated rings. The van der Waals surface area contributed by atoms with E-state index in [1.807, 2.05) is 38.1 Å². The lowest BCUT2D eigenvalue weighted by atomic mass is 10.1. The molecule has 122 valence electrons. The van der Waals surface area contributed by atoms with E-state index in [2.05, 4.69) is 15.9 Å². The predicted octanol–water partition coefficient (Wildman–Crippen LogP) is 3.91. The number of halogens is 1. The number of rotatable bonds is 3. The molecule has 0 aromatic heterocycles. The van der Waals surface area contributed by atoms with Crippen LogP contribution in [0.2, 0.25) is 0 Å². The molecule has 0 aliphatic carbocycles. The molecule has 0 unspecified atom stereocenters. The maximum absolute atomic E-state index is 13.3. The van der Waals surface area contributed by atoms with Gasteiger partial charge in [0.25, 0.3) is 10.0 Å². The van der Waals surface area contributed by atoms with Crippen molar-refractivity contribution in [3.63, 3.8) is 0 Å². The molecule has 6 heteroatoms. The number of benzene rings is 2. The monoisotopic (exact) mass is 395 g/mol. The van der Waals surface area contributed by atoms with Crippen LogP contribution in [0.1, 0.15) is 18.1 Å². The van der Waals surface area contributed by atoms with E-state index in [4.69, 9.17) is 4.74 Å². The Morgan fingerprint density at radius 2 is 1.96 bits per heavy atom. The highest BCUT2D eigenvalue weighted by molar-refractivity contribution is 9.10. The Morgan fingerprint density at radius 1 is 1.26 bits per heavy atom. The summed E-state index contributed by atoms with van der Waals surface area (Å²) < 4.78 is 34.1. The molecule has 0 saturated carbocycles. The van der Waals surface area contributed by atoms with Crippen molar-refractivity contribution in [1.29, 1.82) is 0 Å². The van der Waals surface area contributed by atoms with Crippen LogP contribution in [0.25, 0.3) is 0 Å². The highest BCUT2D eigenvalue weighted by atomic mass is 79.9. The van der Waals surface area contributed by atoms with Gasteiger partial charge in [0.1, 0.15) is 10.6 Å². The lowest BCUT2D eigenvalue weighted by Crippen LogP contribution is -2.36. The number of aryl methyl sites for hydroxylation is 1. The topological polar surface area (TPSA) is 46.6 Å². The number of para-hydroxylation sites is 1. The number of nitrogens with zero attached hydrogens (tertiary/aromatic N) is 1. The van der Waals surface area contributed by atoms with E-state index >= 15 is 0 Å². The first kappa shape index (κ1) is 16.3. The van der Waals surface area contributed by atoms with Crippen molar-refractivity contribution in [1.82, 2.24) is 0 Å². The van der Waals surface area contributed by atoms with Crippen molar-refractivity contribution in [3.05, 3.63) is 52.0 Å². The number of hydrogen-bond acceptors (Lipinski definition) is 3. The van der Waals surface area contributed by atoms with Gasteiger partial charge >= 0.3 is 0 Å². The Kier molecular flexibility index (Phi) is 4.14. The van der Waals surface area contributed by atoms with Crippen molar-refractivity contribution in [2.24, 2.45) is 0 Å². The Hall–Kier alpha value is -1.53. The first-order valence-electron chi connectivity index (χ1n) is 7.32. The minimum absolute atomic E-state index is 0.123. The molecule has 2 aromatic rings. The molecule has 1 aliphatic rings. The van der Waals surface area contributed by atoms with Gasteiger partial charge in [-0.1, -0.05) is 34.1 Å². The van der Waals surface area contributed by atoms with Crippen LogP contribution in [-0.2, 0) is 16.4 Å². The zero-order valence-electron chi connectivity index (χ0n) is 13.2. The van der Waals surface area contributed by atoms with Crippen LogP contribution in [0.4, 0.5) is 5.69 Å². The molecule has 3 rings (SSSR count). The molecule has 0 radical (unpaired) electrons. The molecular formula is C17H18BrNO3S. The van der Waals surface area contributed by atoms with Crippen molar-refractivity contribution >= 4 is 31.6 Å². The number of hydrogen-bond donors (Lipinski definition) is 0. The third-order valence-corrected chi connectivity index (χ3v) is 6.93. The van der Waals surface area contributed by atoms with Crippen LogP contribution in [0.15, 0.2) is 45.8 Å². The molecule has 1 atom stereocenters. The summed E-state index contributed by atoms with van der Waals surface area (Å²) in [6, 6.07) is 10.9. The zero-order valence-corrected chi connectivity index (χ0v) is 15.6. The molecule has 2 aromatic carbocycles.